The Hall–Kier alpha value is -0.130. The Kier molecular flexibility index (Phi) is 2.58. The van der Waals surface area contributed by atoms with Crippen LogP contribution in [-0.2, 0) is 0 Å². The molecule has 0 saturated carbocycles. The van der Waals surface area contributed by atoms with Gasteiger partial charge in [0.05, 0.1) is 5.52 Å². The number of nitrogens with zero attached hydrogens (tertiary/aromatic N) is 2. The van der Waals surface area contributed by atoms with E-state index in [4.69, 9.17) is 0 Å². The van der Waals surface area contributed by atoms with E-state index in [-0.39, 0.29) is 0 Å². The number of aromatic nitrogens is 2. The quantitative estimate of drug-likeness (QED) is 0.636. The van der Waals surface area contributed by atoms with Crippen molar-refractivity contribution in [2.75, 3.05) is 6.26 Å². The summed E-state index contributed by atoms with van der Waals surface area (Å²) in [5.74, 6) is 0. The molecule has 0 atom stereocenters. The van der Waals surface area contributed by atoms with Crippen LogP contribution in [0.15, 0.2) is 27.7 Å². The lowest BCUT2D eigenvalue weighted by Crippen LogP contribution is -1.80. The van der Waals surface area contributed by atoms with Crippen LogP contribution in [0.1, 0.15) is 0 Å². The molecule has 2 nitrogen and oxygen atoms in total. The maximum Gasteiger partial charge on any atom is 0.127 e. The standard InChI is InChI=1S/C8H7BrN2S2/c1-13-8-6-4-5(9)2-3-7(6)11(12)10-8/h2-4,12H,1H3. The molecular formula is C8H7BrN2S2. The molecule has 0 radical (unpaired) electrons. The first kappa shape index (κ1) is 9.43. The van der Waals surface area contributed by atoms with E-state index in [0.29, 0.717) is 0 Å². The Morgan fingerprint density at radius 2 is 2.31 bits per heavy atom. The van der Waals surface area contributed by atoms with Gasteiger partial charge in [-0.25, -0.2) is 4.09 Å². The molecule has 13 heavy (non-hydrogen) atoms. The highest BCUT2D eigenvalue weighted by Gasteiger charge is 2.07. The SMILES string of the molecule is CSc1nn(S)c2ccc(Br)cc12. The van der Waals surface area contributed by atoms with Crippen molar-refractivity contribution in [3.63, 3.8) is 0 Å². The van der Waals surface area contributed by atoms with Gasteiger partial charge in [0.2, 0.25) is 0 Å². The third-order valence-corrected chi connectivity index (χ3v) is 3.27. The molecule has 0 bridgehead atoms. The molecule has 2 rings (SSSR count). The van der Waals surface area contributed by atoms with Gasteiger partial charge in [-0.05, 0) is 37.3 Å². The van der Waals surface area contributed by atoms with Crippen LogP contribution in [0.2, 0.25) is 0 Å². The van der Waals surface area contributed by atoms with Crippen LogP contribution < -0.4 is 0 Å². The van der Waals surface area contributed by atoms with Crippen LogP contribution in [0.5, 0.6) is 0 Å². The van der Waals surface area contributed by atoms with E-state index in [0.717, 1.165) is 20.4 Å². The largest absolute Gasteiger partial charge is 0.208 e. The van der Waals surface area contributed by atoms with E-state index in [9.17, 15) is 0 Å². The van der Waals surface area contributed by atoms with Crippen molar-refractivity contribution in [1.29, 1.82) is 0 Å². The molecule has 1 aromatic carbocycles. The third-order valence-electron chi connectivity index (χ3n) is 1.78. The van der Waals surface area contributed by atoms with E-state index in [2.05, 4.69) is 39.9 Å². The summed E-state index contributed by atoms with van der Waals surface area (Å²) in [6.07, 6.45) is 2.01. The Morgan fingerprint density at radius 1 is 1.54 bits per heavy atom. The van der Waals surface area contributed by atoms with Gasteiger partial charge in [-0.15, -0.1) is 11.8 Å². The Labute approximate surface area is 94.4 Å². The van der Waals surface area contributed by atoms with Gasteiger partial charge in [0, 0.05) is 9.86 Å². The number of hydrogen-bond acceptors (Lipinski definition) is 3. The first-order chi connectivity index (χ1) is 6.22. The smallest absolute Gasteiger partial charge is 0.127 e. The number of hydrogen-bond donors (Lipinski definition) is 1. The number of fused-ring (bicyclic) bond motifs is 1. The van der Waals surface area contributed by atoms with E-state index in [1.165, 1.54) is 0 Å². The van der Waals surface area contributed by atoms with Crippen LogP contribution in [0.4, 0.5) is 0 Å². The van der Waals surface area contributed by atoms with Crippen molar-refractivity contribution in [2.45, 2.75) is 5.03 Å². The summed E-state index contributed by atoms with van der Waals surface area (Å²) in [6, 6.07) is 6.04. The molecule has 1 heterocycles. The Balaban J connectivity index is 2.81. The fourth-order valence-corrected chi connectivity index (χ4v) is 2.43. The van der Waals surface area contributed by atoms with Gasteiger partial charge in [-0.1, -0.05) is 15.9 Å². The maximum absolute atomic E-state index is 4.27. The van der Waals surface area contributed by atoms with Gasteiger partial charge >= 0.3 is 0 Å². The van der Waals surface area contributed by atoms with Gasteiger partial charge in [-0.2, -0.15) is 5.10 Å². The van der Waals surface area contributed by atoms with Crippen molar-refractivity contribution >= 4 is 51.4 Å². The second-order valence-electron chi connectivity index (χ2n) is 2.56. The zero-order chi connectivity index (χ0) is 9.42. The van der Waals surface area contributed by atoms with E-state index in [1.54, 1.807) is 15.8 Å². The first-order valence-corrected chi connectivity index (χ1v) is 6.05. The van der Waals surface area contributed by atoms with Crippen molar-refractivity contribution in [2.24, 2.45) is 0 Å². The molecule has 0 aliphatic rings. The van der Waals surface area contributed by atoms with E-state index < -0.39 is 0 Å². The second kappa shape index (κ2) is 3.55. The highest BCUT2D eigenvalue weighted by molar-refractivity contribution is 9.10. The zero-order valence-electron chi connectivity index (χ0n) is 6.86. The molecule has 0 aliphatic carbocycles. The van der Waals surface area contributed by atoms with Crippen molar-refractivity contribution in [3.05, 3.63) is 22.7 Å². The Morgan fingerprint density at radius 3 is 3.00 bits per heavy atom. The van der Waals surface area contributed by atoms with Crippen molar-refractivity contribution in [1.82, 2.24) is 9.19 Å². The van der Waals surface area contributed by atoms with Crippen LogP contribution in [0.3, 0.4) is 0 Å². The molecule has 0 aliphatic heterocycles. The van der Waals surface area contributed by atoms with Gasteiger partial charge in [0.25, 0.3) is 0 Å². The summed E-state index contributed by atoms with van der Waals surface area (Å²) in [6.45, 7) is 0. The average Bonchev–Trinajstić information content (AvgIpc) is 2.42. The summed E-state index contributed by atoms with van der Waals surface area (Å²) in [5.41, 5.74) is 1.04. The number of halogens is 1. The third kappa shape index (κ3) is 1.60. The lowest BCUT2D eigenvalue weighted by molar-refractivity contribution is 0.973. The lowest BCUT2D eigenvalue weighted by atomic mass is 10.3. The second-order valence-corrected chi connectivity index (χ2v) is 4.65. The van der Waals surface area contributed by atoms with Gasteiger partial charge in [0.15, 0.2) is 0 Å². The van der Waals surface area contributed by atoms with Gasteiger partial charge in [0.1, 0.15) is 5.03 Å². The molecule has 1 aromatic heterocycles. The number of thioether (sulfide) groups is 1. The molecule has 68 valence electrons. The first-order valence-electron chi connectivity index (χ1n) is 3.64. The van der Waals surface area contributed by atoms with Crippen molar-refractivity contribution < 1.29 is 0 Å². The molecule has 0 amide bonds. The van der Waals surface area contributed by atoms with E-state index >= 15 is 0 Å². The number of thiol groups is 1. The fraction of sp³-hybridized carbons (Fsp3) is 0.125. The van der Waals surface area contributed by atoms with Crippen LogP contribution in [0, 0.1) is 0 Å². The molecule has 5 heteroatoms. The predicted molar refractivity (Wildman–Crippen MR) is 63.6 cm³/mol. The Bertz CT molecular complexity index is 453. The van der Waals surface area contributed by atoms with Crippen LogP contribution in [0.25, 0.3) is 10.9 Å². The summed E-state index contributed by atoms with van der Waals surface area (Å²) in [5, 5.41) is 6.41. The van der Waals surface area contributed by atoms with Gasteiger partial charge in [-0.3, -0.25) is 0 Å². The van der Waals surface area contributed by atoms with E-state index in [1.807, 2.05) is 18.4 Å². The summed E-state index contributed by atoms with van der Waals surface area (Å²) >= 11 is 9.30. The molecule has 0 fully saturated rings. The topological polar surface area (TPSA) is 17.8 Å². The normalized spacial score (nSPS) is 11.0. The molecular weight excluding hydrogens is 268 g/mol. The zero-order valence-corrected chi connectivity index (χ0v) is 10.2. The van der Waals surface area contributed by atoms with Crippen LogP contribution >= 0.6 is 40.5 Å². The van der Waals surface area contributed by atoms with Gasteiger partial charge < -0.3 is 0 Å². The average molecular weight is 275 g/mol. The predicted octanol–water partition coefficient (Wildman–Crippen LogP) is 3.21. The summed E-state index contributed by atoms with van der Waals surface area (Å²) in [7, 11) is 0. The fourth-order valence-electron chi connectivity index (χ4n) is 1.20. The molecule has 0 spiro atoms. The number of benzene rings is 1. The highest BCUT2D eigenvalue weighted by atomic mass is 79.9. The summed E-state index contributed by atoms with van der Waals surface area (Å²) in [4.78, 5) is 0. The highest BCUT2D eigenvalue weighted by Crippen LogP contribution is 2.28. The molecule has 0 unspecified atom stereocenters. The molecule has 0 saturated heterocycles. The van der Waals surface area contributed by atoms with Crippen LogP contribution in [-0.4, -0.2) is 15.4 Å². The minimum Gasteiger partial charge on any atom is -0.208 e. The van der Waals surface area contributed by atoms with Crippen molar-refractivity contribution in [3.8, 4) is 0 Å². The molecule has 0 N–H and O–H groups in total. The molecule has 2 aromatic rings. The summed E-state index contributed by atoms with van der Waals surface area (Å²) < 4.78 is 2.67. The number of rotatable bonds is 1. The monoisotopic (exact) mass is 274 g/mol. The minimum atomic E-state index is 1.01. The lowest BCUT2D eigenvalue weighted by Gasteiger charge is -1.93. The maximum atomic E-state index is 4.27. The minimum absolute atomic E-state index is 1.01.